The molecule has 15 heteroatoms. The van der Waals surface area contributed by atoms with Crippen LogP contribution < -0.4 is 16.0 Å². The van der Waals surface area contributed by atoms with Gasteiger partial charge in [-0.2, -0.15) is 5.10 Å². The molecule has 0 radical (unpaired) electrons. The number of rotatable bonds is 19. The minimum absolute atomic E-state index is 0.0164. The Hall–Kier alpha value is -5.86. The zero-order chi connectivity index (χ0) is 42.4. The Morgan fingerprint density at radius 1 is 0.897 bits per heavy atom. The van der Waals surface area contributed by atoms with Gasteiger partial charge < -0.3 is 30.5 Å². The second-order valence-electron chi connectivity index (χ2n) is 16.1. The first kappa shape index (κ1) is 44.8. The molecule has 58 heavy (non-hydrogen) atoms. The topological polar surface area (TPSA) is 151 Å². The molecular weight excluding hydrogens is 747 g/mol. The fourth-order valence-corrected chi connectivity index (χ4v) is 6.52. The number of hydrogen-bond donors (Lipinski definition) is 3. The van der Waals surface area contributed by atoms with Crippen molar-refractivity contribution in [2.45, 2.75) is 74.1 Å². The highest BCUT2D eigenvalue weighted by Crippen LogP contribution is 2.39. The van der Waals surface area contributed by atoms with Gasteiger partial charge in [0.25, 0.3) is 0 Å². The summed E-state index contributed by atoms with van der Waals surface area (Å²) < 4.78 is 36.1. The molecule has 0 saturated heterocycles. The molecule has 0 spiro atoms. The lowest BCUT2D eigenvalue weighted by atomic mass is 9.84. The van der Waals surface area contributed by atoms with E-state index in [1.165, 1.54) is 12.1 Å². The van der Waals surface area contributed by atoms with E-state index in [0.29, 0.717) is 49.5 Å². The number of carbonyl (C=O) groups is 4. The number of amides is 5. The van der Waals surface area contributed by atoms with Crippen molar-refractivity contribution < 1.29 is 32.7 Å². The molecule has 0 fully saturated rings. The third-order valence-corrected chi connectivity index (χ3v) is 8.86. The number of ether oxygens (including phenoxy) is 1. The Labute approximate surface area is 339 Å². The zero-order valence-electron chi connectivity index (χ0n) is 34.4. The molecule has 1 atom stereocenters. The van der Waals surface area contributed by atoms with Crippen LogP contribution in [-0.4, -0.2) is 81.7 Å². The maximum Gasteiger partial charge on any atom is 0.407 e. The van der Waals surface area contributed by atoms with Crippen molar-refractivity contribution in [3.8, 4) is 11.4 Å². The van der Waals surface area contributed by atoms with Crippen molar-refractivity contribution in [2.24, 2.45) is 17.3 Å². The van der Waals surface area contributed by atoms with Crippen LogP contribution >= 0.6 is 0 Å². The van der Waals surface area contributed by atoms with E-state index in [-0.39, 0.29) is 61.4 Å². The lowest BCUT2D eigenvalue weighted by Crippen LogP contribution is -2.51. The van der Waals surface area contributed by atoms with E-state index in [1.807, 2.05) is 56.0 Å². The summed E-state index contributed by atoms with van der Waals surface area (Å²) in [5.41, 5.74) is 1.70. The Morgan fingerprint density at radius 2 is 1.53 bits per heavy atom. The van der Waals surface area contributed by atoms with Crippen LogP contribution in [-0.2, 0) is 27.5 Å². The van der Waals surface area contributed by atoms with Crippen molar-refractivity contribution in [1.29, 1.82) is 0 Å². The van der Waals surface area contributed by atoms with Crippen LogP contribution in [0.2, 0.25) is 0 Å². The fraction of sp³-hybridized carbons (Fsp3) is 0.442. The number of urea groups is 1. The molecule has 3 N–H and O–H groups in total. The molecule has 1 aromatic heterocycles. The molecule has 0 aliphatic rings. The molecule has 1 unspecified atom stereocenters. The molecular formula is C43H56F2N8O5. The molecule has 1 heterocycles. The van der Waals surface area contributed by atoms with E-state index in [0.717, 1.165) is 11.6 Å². The predicted molar refractivity (Wildman–Crippen MR) is 218 cm³/mol. The third-order valence-electron chi connectivity index (χ3n) is 8.86. The Balaban J connectivity index is 1.60. The molecule has 0 saturated carbocycles. The van der Waals surface area contributed by atoms with E-state index in [2.05, 4.69) is 43.6 Å². The van der Waals surface area contributed by atoms with Gasteiger partial charge in [0.05, 0.1) is 19.1 Å². The number of aromatic nitrogens is 3. The summed E-state index contributed by atoms with van der Waals surface area (Å²) in [6.45, 7) is 15.9. The van der Waals surface area contributed by atoms with Gasteiger partial charge in [0.1, 0.15) is 18.2 Å². The summed E-state index contributed by atoms with van der Waals surface area (Å²) >= 11 is 0. The number of alkyl carbamates (subject to hydrolysis) is 1. The van der Waals surface area contributed by atoms with Crippen LogP contribution in [0.15, 0.2) is 72.8 Å². The van der Waals surface area contributed by atoms with Gasteiger partial charge in [-0.25, -0.2) is 28.0 Å². The normalized spacial score (nSPS) is 11.9. The van der Waals surface area contributed by atoms with Crippen LogP contribution in [0.4, 0.5) is 24.1 Å². The van der Waals surface area contributed by atoms with Crippen LogP contribution in [0.5, 0.6) is 0 Å². The summed E-state index contributed by atoms with van der Waals surface area (Å²) in [6.07, 6.45) is 0.170. The first-order valence-corrected chi connectivity index (χ1v) is 19.5. The number of nitrogens with one attached hydrogen (secondary N) is 3. The highest BCUT2D eigenvalue weighted by atomic mass is 19.1. The first-order valence-electron chi connectivity index (χ1n) is 19.5. The molecule has 0 aliphatic heterocycles. The largest absolute Gasteiger partial charge is 0.445 e. The van der Waals surface area contributed by atoms with Crippen LogP contribution in [0.3, 0.4) is 0 Å². The van der Waals surface area contributed by atoms with Gasteiger partial charge in [0, 0.05) is 43.5 Å². The number of nitrogens with zero attached hydrogens (tertiary/aromatic N) is 5. The standard InChI is InChI=1S/C43H56F2N8O5/c1-29(2)24-51(25-30(3)4)42(57)52(19-11-18-47-41(56)58-27-32-14-16-36(17-15-32)48-37(55)23-46-28-54)38(43(5,6)7)40-49-39(33-20-34(44)22-35(45)21-33)50-53(40)26-31-12-9-8-10-13-31/h8-10,12-17,20-22,28-30,38H,11,18-19,23-27H2,1-7H3,(H,46,54)(H,47,56)(H,48,55). The summed E-state index contributed by atoms with van der Waals surface area (Å²) in [7, 11) is 0. The van der Waals surface area contributed by atoms with E-state index in [9.17, 15) is 28.0 Å². The lowest BCUT2D eigenvalue weighted by molar-refractivity contribution is -0.118. The van der Waals surface area contributed by atoms with Crippen molar-refractivity contribution in [3.63, 3.8) is 0 Å². The van der Waals surface area contributed by atoms with Gasteiger partial charge in [-0.3, -0.25) is 9.59 Å². The maximum atomic E-state index is 14.9. The quantitative estimate of drug-likeness (QED) is 0.0661. The first-order chi connectivity index (χ1) is 27.5. The summed E-state index contributed by atoms with van der Waals surface area (Å²) in [5.74, 6) is -0.937. The lowest BCUT2D eigenvalue weighted by Gasteiger charge is -2.42. The van der Waals surface area contributed by atoms with Crippen molar-refractivity contribution in [1.82, 2.24) is 35.2 Å². The summed E-state index contributed by atoms with van der Waals surface area (Å²) in [6, 6.07) is 18.7. The molecule has 312 valence electrons. The zero-order valence-corrected chi connectivity index (χ0v) is 34.4. The second-order valence-corrected chi connectivity index (χ2v) is 16.1. The number of benzene rings is 3. The van der Waals surface area contributed by atoms with Gasteiger partial charge in [0.15, 0.2) is 11.6 Å². The minimum atomic E-state index is -0.756. The molecule has 0 bridgehead atoms. The van der Waals surface area contributed by atoms with Crippen LogP contribution in [0.1, 0.15) is 77.9 Å². The molecule has 4 rings (SSSR count). The van der Waals surface area contributed by atoms with Gasteiger partial charge in [-0.15, -0.1) is 0 Å². The molecule has 0 aliphatic carbocycles. The second kappa shape index (κ2) is 21.1. The predicted octanol–water partition coefficient (Wildman–Crippen LogP) is 7.40. The van der Waals surface area contributed by atoms with Crippen molar-refractivity contribution in [3.05, 3.63) is 101 Å². The average molecular weight is 803 g/mol. The minimum Gasteiger partial charge on any atom is -0.445 e. The fourth-order valence-electron chi connectivity index (χ4n) is 6.52. The van der Waals surface area contributed by atoms with E-state index < -0.39 is 29.2 Å². The molecule has 13 nitrogen and oxygen atoms in total. The highest BCUT2D eigenvalue weighted by Gasteiger charge is 2.40. The number of anilines is 1. The summed E-state index contributed by atoms with van der Waals surface area (Å²) in [5, 5.41) is 12.5. The van der Waals surface area contributed by atoms with Gasteiger partial charge >= 0.3 is 12.1 Å². The smallest absolute Gasteiger partial charge is 0.407 e. The average Bonchev–Trinajstić information content (AvgIpc) is 3.56. The van der Waals surface area contributed by atoms with Gasteiger partial charge in [0.2, 0.25) is 12.3 Å². The highest BCUT2D eigenvalue weighted by molar-refractivity contribution is 5.93. The molecule has 3 aromatic carbocycles. The number of carbonyl (C=O) groups excluding carboxylic acids is 4. The number of hydrogen-bond acceptors (Lipinski definition) is 7. The Morgan fingerprint density at radius 3 is 2.12 bits per heavy atom. The third kappa shape index (κ3) is 13.7. The van der Waals surface area contributed by atoms with Crippen molar-refractivity contribution in [2.75, 3.05) is 38.0 Å². The van der Waals surface area contributed by atoms with Gasteiger partial charge in [-0.05, 0) is 59.1 Å². The van der Waals surface area contributed by atoms with Crippen LogP contribution in [0, 0.1) is 28.9 Å². The van der Waals surface area contributed by atoms with E-state index in [1.54, 1.807) is 33.8 Å². The molecule has 5 amide bonds. The van der Waals surface area contributed by atoms with E-state index >= 15 is 0 Å². The number of halogens is 2. The SMILES string of the molecule is CC(C)CN(CC(C)C)C(=O)N(CCCNC(=O)OCc1ccc(NC(=O)CNC=O)cc1)C(c1nc(-c2cc(F)cc(F)c2)nn1Cc1ccccc1)C(C)(C)C. The monoisotopic (exact) mass is 802 g/mol. The Bertz CT molecular complexity index is 1940. The molecule has 4 aromatic rings. The summed E-state index contributed by atoms with van der Waals surface area (Å²) in [4.78, 5) is 58.5. The van der Waals surface area contributed by atoms with Crippen molar-refractivity contribution >= 4 is 30.1 Å². The maximum absolute atomic E-state index is 14.9. The Kier molecular flexibility index (Phi) is 16.3. The van der Waals surface area contributed by atoms with Crippen LogP contribution in [0.25, 0.3) is 11.4 Å². The van der Waals surface area contributed by atoms with E-state index in [4.69, 9.17) is 14.8 Å². The van der Waals surface area contributed by atoms with Gasteiger partial charge in [-0.1, -0.05) is 90.9 Å².